The van der Waals surface area contributed by atoms with Crippen LogP contribution in [0.1, 0.15) is 71.1 Å². The first-order valence-corrected chi connectivity index (χ1v) is 22.0. The average Bonchev–Trinajstić information content (AvgIpc) is 3.76. The number of aryl methyl sites for hydroxylation is 1. The van der Waals surface area contributed by atoms with Crippen LogP contribution in [0.2, 0.25) is 0 Å². The van der Waals surface area contributed by atoms with Gasteiger partial charge in [-0.3, -0.25) is 4.90 Å². The number of fused-ring (bicyclic) bond motifs is 4. The normalized spacial score (nSPS) is 22.4. The molecule has 4 aliphatic rings. The first kappa shape index (κ1) is 49.9. The minimum absolute atomic E-state index is 0.0126. The van der Waals surface area contributed by atoms with Gasteiger partial charge in [0.25, 0.3) is 0 Å². The van der Waals surface area contributed by atoms with Gasteiger partial charge in [-0.1, -0.05) is 18.9 Å². The molecule has 8 rings (SSSR count). The lowest BCUT2D eigenvalue weighted by molar-refractivity contribution is -0.463. The molecule has 0 radical (unpaired) electrons. The van der Waals surface area contributed by atoms with E-state index in [9.17, 15) is 44.3 Å². The molecule has 2 aromatic heterocycles. The SMILES string of the molecule is C#Cc1c(F)ccc2cc(OCOC)cc(-c3nc4c5c(nc(OCC67CCCN6C[C@@H](OC(C(F)(F)F)(C(F)(F)F)C(F)(F)F)C7)nc5c3F)N3C[C@@H](CC)N(C(=O)OC(C)(C)C)C[C@H]3CC4)c12. The van der Waals surface area contributed by atoms with Crippen molar-refractivity contribution in [3.8, 4) is 35.4 Å². The molecule has 374 valence electrons. The van der Waals surface area contributed by atoms with Gasteiger partial charge in [0.1, 0.15) is 40.8 Å². The summed E-state index contributed by atoms with van der Waals surface area (Å²) >= 11 is 0. The molecule has 4 aliphatic heterocycles. The molecule has 4 aromatic rings. The van der Waals surface area contributed by atoms with Crippen LogP contribution < -0.4 is 14.4 Å². The monoisotopic (exact) mass is 988 g/mol. The zero-order valence-electron chi connectivity index (χ0n) is 37.9. The highest BCUT2D eigenvalue weighted by Gasteiger charge is 2.86. The Labute approximate surface area is 388 Å². The number of nitrogens with zero attached hydrogens (tertiary/aromatic N) is 6. The van der Waals surface area contributed by atoms with Crippen LogP contribution in [0.5, 0.6) is 11.8 Å². The number of terminal acetylenes is 1. The highest BCUT2D eigenvalue weighted by molar-refractivity contribution is 6.03. The van der Waals surface area contributed by atoms with Crippen LogP contribution in [0, 0.1) is 24.0 Å². The van der Waals surface area contributed by atoms with Crippen LogP contribution in [0.3, 0.4) is 0 Å². The Morgan fingerprint density at radius 1 is 0.928 bits per heavy atom. The summed E-state index contributed by atoms with van der Waals surface area (Å²) in [6.07, 6.45) is -17.1. The predicted octanol–water partition coefficient (Wildman–Crippen LogP) is 9.67. The van der Waals surface area contributed by atoms with Crippen LogP contribution in [0.25, 0.3) is 32.9 Å². The van der Waals surface area contributed by atoms with Crippen LogP contribution >= 0.6 is 0 Å². The molecule has 1 amide bonds. The maximum atomic E-state index is 17.8. The number of ether oxygens (including phenoxy) is 5. The fraction of sp³-hybridized carbons (Fsp3) is 0.565. The molecule has 6 heterocycles. The first-order valence-electron chi connectivity index (χ1n) is 22.0. The summed E-state index contributed by atoms with van der Waals surface area (Å²) < 4.78 is 186. The third-order valence-corrected chi connectivity index (χ3v) is 13.2. The van der Waals surface area contributed by atoms with Crippen molar-refractivity contribution >= 4 is 33.6 Å². The Morgan fingerprint density at radius 2 is 1.64 bits per heavy atom. The highest BCUT2D eigenvalue weighted by Crippen LogP contribution is 2.57. The minimum atomic E-state index is -6.93. The third-order valence-electron chi connectivity index (χ3n) is 13.2. The second kappa shape index (κ2) is 17.7. The van der Waals surface area contributed by atoms with Crippen LogP contribution in [-0.4, -0.2) is 131 Å². The first-order chi connectivity index (χ1) is 32.3. The number of benzene rings is 2. The van der Waals surface area contributed by atoms with Gasteiger partial charge in [0.2, 0.25) is 0 Å². The van der Waals surface area contributed by atoms with Crippen molar-refractivity contribution in [3.05, 3.63) is 47.2 Å². The molecular formula is C46H47F11N6O6. The van der Waals surface area contributed by atoms with E-state index >= 15 is 8.78 Å². The molecule has 69 heavy (non-hydrogen) atoms. The molecule has 0 bridgehead atoms. The van der Waals surface area contributed by atoms with Crippen molar-refractivity contribution in [2.24, 2.45) is 0 Å². The van der Waals surface area contributed by atoms with Gasteiger partial charge in [0.15, 0.2) is 12.6 Å². The number of carbonyl (C=O) groups is 1. The Balaban J connectivity index is 1.25. The number of rotatable bonds is 10. The summed E-state index contributed by atoms with van der Waals surface area (Å²) in [5.41, 5.74) is -9.33. The second-order valence-corrected chi connectivity index (χ2v) is 18.7. The largest absolute Gasteiger partial charge is 0.468 e. The Bertz CT molecular complexity index is 2650. The van der Waals surface area contributed by atoms with Gasteiger partial charge >= 0.3 is 36.2 Å². The molecular weight excluding hydrogens is 942 g/mol. The molecule has 0 N–H and O–H groups in total. The van der Waals surface area contributed by atoms with Gasteiger partial charge in [-0.2, -0.15) is 49.5 Å². The number of amides is 1. The average molecular weight is 989 g/mol. The number of anilines is 1. The minimum Gasteiger partial charge on any atom is -0.468 e. The number of hydrogen-bond acceptors (Lipinski definition) is 11. The standard InChI is InChI=1S/C46H47F11N6O6/c1-7-25-19-62-26(20-63(25)40(64)69-41(3,4)5)11-13-32-34-37(35(48)36(58-32)30-17-27(67-23-65-6)16-24-10-12-31(47)29(8-2)33(24)30)59-39(60-38(34)62)66-22-42-14-9-15-61(42)21-28(18-42)68-43(44(49,50)51,45(52,53)54)46(55,56)57/h2,10,12,16-17,25-26,28H,7,9,11,13-15,18-23H2,1,3-6H3/t25-,26-,28+,42?/m1/s1. The molecule has 0 aliphatic carbocycles. The summed E-state index contributed by atoms with van der Waals surface area (Å²) in [5, 5.41) is 0.623. The maximum absolute atomic E-state index is 17.8. The summed E-state index contributed by atoms with van der Waals surface area (Å²) in [6, 6.07) is 4.08. The third kappa shape index (κ3) is 8.78. The molecule has 1 unspecified atom stereocenters. The van der Waals surface area contributed by atoms with Crippen LogP contribution in [0.4, 0.5) is 58.9 Å². The zero-order valence-corrected chi connectivity index (χ0v) is 37.9. The number of aromatic nitrogens is 3. The summed E-state index contributed by atoms with van der Waals surface area (Å²) in [6.45, 7) is 5.89. The van der Waals surface area contributed by atoms with E-state index in [0.717, 1.165) is 6.07 Å². The van der Waals surface area contributed by atoms with Crippen molar-refractivity contribution in [1.82, 2.24) is 24.8 Å². The Hall–Kier alpha value is -5.47. The summed E-state index contributed by atoms with van der Waals surface area (Å²) in [4.78, 5) is 32.6. The van der Waals surface area contributed by atoms with Crippen molar-refractivity contribution in [3.63, 3.8) is 0 Å². The number of methoxy groups -OCH3 is 1. The molecule has 23 heteroatoms. The lowest BCUT2D eigenvalue weighted by Crippen LogP contribution is -2.68. The van der Waals surface area contributed by atoms with Crippen molar-refractivity contribution in [2.45, 2.75) is 120 Å². The number of carbonyl (C=O) groups excluding carboxylic acids is 1. The van der Waals surface area contributed by atoms with Crippen LogP contribution in [-0.2, 0) is 20.6 Å². The van der Waals surface area contributed by atoms with Gasteiger partial charge in [0, 0.05) is 43.7 Å². The topological polar surface area (TPSA) is 112 Å². The number of piperazine rings is 1. The molecule has 0 saturated carbocycles. The summed E-state index contributed by atoms with van der Waals surface area (Å²) in [7, 11) is 1.38. The molecule has 3 fully saturated rings. The molecule has 12 nitrogen and oxygen atoms in total. The smallest absolute Gasteiger partial charge is 0.435 e. The molecule has 0 spiro atoms. The van der Waals surface area contributed by atoms with Crippen molar-refractivity contribution in [1.29, 1.82) is 0 Å². The number of halogens is 11. The van der Waals surface area contributed by atoms with E-state index in [1.54, 1.807) is 31.7 Å². The van der Waals surface area contributed by atoms with E-state index in [1.807, 2.05) is 11.8 Å². The van der Waals surface area contributed by atoms with Gasteiger partial charge in [-0.15, -0.1) is 6.42 Å². The van der Waals surface area contributed by atoms with Crippen LogP contribution in [0.15, 0.2) is 24.3 Å². The summed E-state index contributed by atoms with van der Waals surface area (Å²) in [5.74, 6) is 0.815. The van der Waals surface area contributed by atoms with Gasteiger partial charge in [-0.05, 0) is 89.4 Å². The van der Waals surface area contributed by atoms with Gasteiger partial charge in [0.05, 0.1) is 34.3 Å². The predicted molar refractivity (Wildman–Crippen MR) is 227 cm³/mol. The van der Waals surface area contributed by atoms with E-state index in [0.29, 0.717) is 30.3 Å². The van der Waals surface area contributed by atoms with E-state index in [2.05, 4.69) is 15.6 Å². The van der Waals surface area contributed by atoms with E-state index in [1.165, 1.54) is 24.1 Å². The fourth-order valence-corrected chi connectivity index (χ4v) is 10.1. The molecule has 4 atom stereocenters. The number of alkyl halides is 9. The van der Waals surface area contributed by atoms with Gasteiger partial charge in [-0.25, -0.2) is 18.6 Å². The Morgan fingerprint density at radius 3 is 2.28 bits per heavy atom. The van der Waals surface area contributed by atoms with Crippen molar-refractivity contribution in [2.75, 3.05) is 51.6 Å². The highest BCUT2D eigenvalue weighted by atomic mass is 19.4. The number of hydrogen-bond donors (Lipinski definition) is 0. The van der Waals surface area contributed by atoms with E-state index < -0.39 is 96.8 Å². The number of pyridine rings is 1. The van der Waals surface area contributed by atoms with Gasteiger partial charge < -0.3 is 33.5 Å². The van der Waals surface area contributed by atoms with E-state index in [4.69, 9.17) is 35.3 Å². The second-order valence-electron chi connectivity index (χ2n) is 18.7. The zero-order chi connectivity index (χ0) is 50.2. The fourth-order valence-electron chi connectivity index (χ4n) is 10.1. The maximum Gasteiger partial charge on any atom is 0.435 e. The molecule has 3 saturated heterocycles. The Kier molecular flexibility index (Phi) is 12.8. The lowest BCUT2D eigenvalue weighted by Gasteiger charge is -2.46. The quantitative estimate of drug-likeness (QED) is 0.0861. The lowest BCUT2D eigenvalue weighted by atomic mass is 9.93. The molecule has 2 aromatic carbocycles. The van der Waals surface area contributed by atoms with E-state index in [-0.39, 0.29) is 83.9 Å². The van der Waals surface area contributed by atoms with Crippen molar-refractivity contribution < 1.29 is 76.8 Å².